The average molecular weight is 332 g/mol. The second-order valence-electron chi connectivity index (χ2n) is 5.58. The minimum atomic E-state index is 0.0853. The summed E-state index contributed by atoms with van der Waals surface area (Å²) >= 11 is 3.33. The average Bonchev–Trinajstić information content (AvgIpc) is 2.97. The van der Waals surface area contributed by atoms with Crippen LogP contribution in [0.2, 0.25) is 0 Å². The van der Waals surface area contributed by atoms with Crippen molar-refractivity contribution in [3.8, 4) is 5.69 Å². The molecule has 116 valence electrons. The number of aromatic nitrogens is 2. The number of rotatable bonds is 4. The van der Waals surface area contributed by atoms with Gasteiger partial charge in [0, 0.05) is 17.4 Å². The van der Waals surface area contributed by atoms with E-state index in [0.29, 0.717) is 5.25 Å². The van der Waals surface area contributed by atoms with Crippen LogP contribution in [0.4, 0.5) is 0 Å². The van der Waals surface area contributed by atoms with Gasteiger partial charge < -0.3 is 0 Å². The van der Waals surface area contributed by atoms with Crippen LogP contribution < -0.4 is 5.56 Å². The molecule has 1 aromatic heterocycles. The van der Waals surface area contributed by atoms with E-state index in [1.807, 2.05) is 24.3 Å². The number of fused-ring (bicyclic) bond motifs is 1. The van der Waals surface area contributed by atoms with Gasteiger partial charge in [0.25, 0.3) is 5.56 Å². The lowest BCUT2D eigenvalue weighted by Gasteiger charge is -2.16. The Morgan fingerprint density at radius 3 is 2.77 bits per heavy atom. The van der Waals surface area contributed by atoms with Gasteiger partial charge in [0.15, 0.2) is 5.16 Å². The Bertz CT molecular complexity index is 738. The first-order valence-corrected chi connectivity index (χ1v) is 9.49. The molecule has 0 saturated carbocycles. The zero-order valence-electron chi connectivity index (χ0n) is 13.1. The predicted octanol–water partition coefficient (Wildman–Crippen LogP) is 4.08. The normalized spacial score (nSPS) is 14.9. The maximum atomic E-state index is 12.9. The third-order valence-electron chi connectivity index (χ3n) is 3.84. The van der Waals surface area contributed by atoms with Crippen molar-refractivity contribution < 1.29 is 0 Å². The van der Waals surface area contributed by atoms with Crippen LogP contribution in [0.25, 0.3) is 5.69 Å². The minimum Gasteiger partial charge on any atom is -0.268 e. The molecule has 1 aromatic carbocycles. The highest BCUT2D eigenvalue weighted by Crippen LogP contribution is 2.31. The SMILES string of the molecule is CC[C@H](C)Sc1nc2c(c(=O)n1-c1ccc(C)cc1)SCC2. The molecule has 2 heterocycles. The molecule has 1 atom stereocenters. The van der Waals surface area contributed by atoms with E-state index >= 15 is 0 Å². The highest BCUT2D eigenvalue weighted by atomic mass is 32.2. The maximum Gasteiger partial charge on any atom is 0.272 e. The van der Waals surface area contributed by atoms with Crippen molar-refractivity contribution >= 4 is 23.5 Å². The van der Waals surface area contributed by atoms with Gasteiger partial charge in [-0.3, -0.25) is 9.36 Å². The third kappa shape index (κ3) is 2.97. The molecule has 0 spiro atoms. The largest absolute Gasteiger partial charge is 0.272 e. The van der Waals surface area contributed by atoms with E-state index in [9.17, 15) is 4.79 Å². The highest BCUT2D eigenvalue weighted by Gasteiger charge is 2.23. The van der Waals surface area contributed by atoms with Gasteiger partial charge in [0.1, 0.15) is 0 Å². The molecule has 1 aliphatic rings. The number of aryl methyl sites for hydroxylation is 2. The van der Waals surface area contributed by atoms with Crippen LogP contribution in [-0.2, 0) is 6.42 Å². The van der Waals surface area contributed by atoms with Crippen molar-refractivity contribution in [2.45, 2.75) is 48.9 Å². The summed E-state index contributed by atoms with van der Waals surface area (Å²) in [6.07, 6.45) is 1.96. The fraction of sp³-hybridized carbons (Fsp3) is 0.412. The van der Waals surface area contributed by atoms with Gasteiger partial charge in [0.05, 0.1) is 16.3 Å². The number of thioether (sulfide) groups is 2. The summed E-state index contributed by atoms with van der Waals surface area (Å²) < 4.78 is 1.79. The Morgan fingerprint density at radius 2 is 2.09 bits per heavy atom. The van der Waals surface area contributed by atoms with Crippen molar-refractivity contribution in [3.05, 3.63) is 45.9 Å². The van der Waals surface area contributed by atoms with Crippen LogP contribution in [0.15, 0.2) is 39.1 Å². The molecule has 0 saturated heterocycles. The lowest BCUT2D eigenvalue weighted by atomic mass is 10.2. The molecule has 22 heavy (non-hydrogen) atoms. The molecule has 0 unspecified atom stereocenters. The zero-order chi connectivity index (χ0) is 15.7. The molecule has 1 aliphatic heterocycles. The van der Waals surface area contributed by atoms with Crippen molar-refractivity contribution in [1.82, 2.24) is 9.55 Å². The Kier molecular flexibility index (Phi) is 4.64. The summed E-state index contributed by atoms with van der Waals surface area (Å²) in [4.78, 5) is 18.6. The highest BCUT2D eigenvalue weighted by molar-refractivity contribution is 8.00. The van der Waals surface area contributed by atoms with Crippen molar-refractivity contribution in [3.63, 3.8) is 0 Å². The van der Waals surface area contributed by atoms with Gasteiger partial charge in [-0.25, -0.2) is 4.98 Å². The van der Waals surface area contributed by atoms with E-state index in [2.05, 4.69) is 20.8 Å². The summed E-state index contributed by atoms with van der Waals surface area (Å²) in [6, 6.07) is 8.09. The van der Waals surface area contributed by atoms with E-state index < -0.39 is 0 Å². The van der Waals surface area contributed by atoms with E-state index in [1.165, 1.54) is 5.56 Å². The molecule has 0 amide bonds. The molecule has 0 aliphatic carbocycles. The molecule has 3 rings (SSSR count). The topological polar surface area (TPSA) is 34.9 Å². The number of benzene rings is 1. The van der Waals surface area contributed by atoms with E-state index in [4.69, 9.17) is 4.98 Å². The first kappa shape index (κ1) is 15.7. The van der Waals surface area contributed by atoms with Crippen molar-refractivity contribution in [2.75, 3.05) is 5.75 Å². The van der Waals surface area contributed by atoms with Gasteiger partial charge in [-0.15, -0.1) is 11.8 Å². The molecule has 0 N–H and O–H groups in total. The van der Waals surface area contributed by atoms with Crippen LogP contribution in [0, 0.1) is 6.92 Å². The first-order valence-electron chi connectivity index (χ1n) is 7.62. The van der Waals surface area contributed by atoms with Gasteiger partial charge in [-0.2, -0.15) is 0 Å². The summed E-state index contributed by atoms with van der Waals surface area (Å²) in [6.45, 7) is 6.39. The summed E-state index contributed by atoms with van der Waals surface area (Å²) in [7, 11) is 0. The quantitative estimate of drug-likeness (QED) is 0.624. The Hall–Kier alpha value is -1.20. The fourth-order valence-electron chi connectivity index (χ4n) is 2.36. The summed E-state index contributed by atoms with van der Waals surface area (Å²) in [5.74, 6) is 0.961. The zero-order valence-corrected chi connectivity index (χ0v) is 14.8. The summed E-state index contributed by atoms with van der Waals surface area (Å²) in [5, 5.41) is 1.26. The molecular weight excluding hydrogens is 312 g/mol. The lowest BCUT2D eigenvalue weighted by Crippen LogP contribution is -2.24. The minimum absolute atomic E-state index is 0.0853. The fourth-order valence-corrected chi connectivity index (χ4v) is 4.37. The van der Waals surface area contributed by atoms with Crippen LogP contribution in [0.1, 0.15) is 31.5 Å². The van der Waals surface area contributed by atoms with Gasteiger partial charge in [-0.05, 0) is 25.5 Å². The van der Waals surface area contributed by atoms with Gasteiger partial charge in [0.2, 0.25) is 0 Å². The summed E-state index contributed by atoms with van der Waals surface area (Å²) in [5.41, 5.74) is 3.16. The Labute approximate surface area is 139 Å². The number of hydrogen-bond donors (Lipinski definition) is 0. The predicted molar refractivity (Wildman–Crippen MR) is 94.6 cm³/mol. The smallest absolute Gasteiger partial charge is 0.268 e. The van der Waals surface area contributed by atoms with Crippen LogP contribution in [0.3, 0.4) is 0 Å². The molecule has 0 fully saturated rings. The second kappa shape index (κ2) is 6.50. The molecule has 0 radical (unpaired) electrons. The monoisotopic (exact) mass is 332 g/mol. The van der Waals surface area contributed by atoms with Crippen molar-refractivity contribution in [2.24, 2.45) is 0 Å². The molecule has 0 bridgehead atoms. The number of nitrogens with zero attached hydrogens (tertiary/aromatic N) is 2. The first-order chi connectivity index (χ1) is 10.6. The lowest BCUT2D eigenvalue weighted by molar-refractivity contribution is 0.734. The van der Waals surface area contributed by atoms with E-state index in [0.717, 1.165) is 40.0 Å². The molecule has 2 aromatic rings. The Balaban J connectivity index is 2.17. The molecular formula is C17H20N2OS2. The van der Waals surface area contributed by atoms with Crippen molar-refractivity contribution in [1.29, 1.82) is 0 Å². The van der Waals surface area contributed by atoms with E-state index in [-0.39, 0.29) is 5.56 Å². The second-order valence-corrected chi connectivity index (χ2v) is 8.09. The third-order valence-corrected chi connectivity index (χ3v) is 6.17. The van der Waals surface area contributed by atoms with E-state index in [1.54, 1.807) is 28.1 Å². The van der Waals surface area contributed by atoms with Crippen LogP contribution in [-0.4, -0.2) is 20.6 Å². The standard InChI is InChI=1S/C17H20N2OS2/c1-4-12(3)22-17-18-14-9-10-21-15(14)16(20)19(17)13-7-5-11(2)6-8-13/h5-8,12H,4,9-10H2,1-3H3/t12-/m0/s1. The Morgan fingerprint density at radius 1 is 1.36 bits per heavy atom. The van der Waals surface area contributed by atoms with Crippen LogP contribution in [0.5, 0.6) is 0 Å². The number of hydrogen-bond acceptors (Lipinski definition) is 4. The van der Waals surface area contributed by atoms with Gasteiger partial charge in [-0.1, -0.05) is 43.3 Å². The molecule has 5 heteroatoms. The van der Waals surface area contributed by atoms with Gasteiger partial charge >= 0.3 is 0 Å². The van der Waals surface area contributed by atoms with Crippen LogP contribution >= 0.6 is 23.5 Å². The maximum absolute atomic E-state index is 12.9. The molecule has 3 nitrogen and oxygen atoms in total.